The van der Waals surface area contributed by atoms with Gasteiger partial charge in [-0.2, -0.15) is 0 Å². The summed E-state index contributed by atoms with van der Waals surface area (Å²) >= 11 is 0. The van der Waals surface area contributed by atoms with Crippen molar-refractivity contribution in [3.63, 3.8) is 0 Å². The van der Waals surface area contributed by atoms with E-state index in [4.69, 9.17) is 66.3 Å². The van der Waals surface area contributed by atoms with Gasteiger partial charge in [0.25, 0.3) is 0 Å². The van der Waals surface area contributed by atoms with Gasteiger partial charge in [-0.05, 0) is 123 Å². The lowest BCUT2D eigenvalue weighted by molar-refractivity contribution is -0.384. The Bertz CT molecular complexity index is 2950. The quantitative estimate of drug-likeness (QED) is 0.0368. The van der Waals surface area contributed by atoms with E-state index in [1.54, 1.807) is 0 Å². The number of carbonyl (C=O) groups excluding carboxylic acids is 1. The average Bonchev–Trinajstić information content (AvgIpc) is 0.674. The number of esters is 1. The molecule has 104 heavy (non-hydrogen) atoms. The van der Waals surface area contributed by atoms with Crippen LogP contribution in [-0.4, -0.2) is 345 Å². The minimum Gasteiger partial charge on any atom is -0.432 e. The Kier molecular flexibility index (Phi) is 24.1. The van der Waals surface area contributed by atoms with E-state index in [9.17, 15) is 97.0 Å². The molecule has 0 amide bonds. The standard InChI is InChI=1S/C70H114O34/c1-26-38(75)43(80)47(84)59(94-26)101-54-33(22-72)97-57(50(87)46(54)83)93-25-34-42(79)45(82)49(86)61(98-34)104-64(90)70-18-16-65(3,4)20-29(70)28-10-11-36-67(7)14-13-37(66(5,6)35(67)12-15-69(36,9)68(28,8)17-19-70)99-63-56(40(77)30(73)23-92-63)103-62-52(89)55(39(76)27(2)95-62)102-58-51(88)53(31(74)24-91-58)100-60-48(85)44(81)41(78)32(21-71)96-60/h10,26-27,29-63,71-89H,11-25H2,1-9H3/t26-,27-,29-,30-,31+,32+,33+,34+,35-,36+,37-,38-,39-,40-,41+,42+,43+,44-,45-,46+,47+,48+,49+,50+,51+,52+,53+,54+,55+,56+,57+,58-,59-,60-,61-,62-,63-,67-,68+,69+,70-/m0/s1. The van der Waals surface area contributed by atoms with Gasteiger partial charge in [0.15, 0.2) is 37.7 Å². The third kappa shape index (κ3) is 14.3. The van der Waals surface area contributed by atoms with Crippen LogP contribution in [0.1, 0.15) is 127 Å². The molecule has 4 saturated carbocycles. The van der Waals surface area contributed by atoms with Crippen molar-refractivity contribution < 1.29 is 168 Å². The Labute approximate surface area is 602 Å². The van der Waals surface area contributed by atoms with E-state index >= 15 is 4.79 Å². The highest BCUT2D eigenvalue weighted by Gasteiger charge is 2.71. The molecule has 34 heteroatoms. The number of hydrogen-bond donors (Lipinski definition) is 19. The number of fused-ring (bicyclic) bond motifs is 7. The first-order valence-electron chi connectivity index (χ1n) is 36.9. The Morgan fingerprint density at radius 2 is 0.981 bits per heavy atom. The SMILES string of the molecule is C[C@@H]1O[C@@H](O[C@H]2[C@H](O)[C@@H](O)[C@H](OC[C@H]3O[C@@H](OC(=O)[C@]45CCC(C)(C)C[C@H]4C4=CC[C@@H]6[C@@]7(C)CC[C@H](O[C@@H]8OC[C@H](O)[C@H](O)[C@H]8O[C@@H]8O[C@@H](C)[C@H](O)[C@@H](O[C@@H]9OC[C@@H](O)[C@@H](O[C@@H]%10O[C@H](CO)[C@@H](O)[C@H](O)[C@H]%10O)[C@H]9O)[C@H]8O)C(C)(C)[C@@H]7CC[C@@]6(C)[C@]4(C)CC5)[C@H](O)[C@@H](O)[C@@H]3O)O[C@@H]2CO)[C@H](O)[C@H](O)[C@H]1O. The lowest BCUT2D eigenvalue weighted by Crippen LogP contribution is -2.66. The molecule has 12 aliphatic rings. The molecule has 7 saturated heterocycles. The summed E-state index contributed by atoms with van der Waals surface area (Å²) in [7, 11) is 0. The van der Waals surface area contributed by atoms with E-state index < -0.39 is 257 Å². The Morgan fingerprint density at radius 3 is 1.65 bits per heavy atom. The highest BCUT2D eigenvalue weighted by molar-refractivity contribution is 5.79. The molecule has 7 heterocycles. The van der Waals surface area contributed by atoms with Gasteiger partial charge in [-0.3, -0.25) is 4.79 Å². The van der Waals surface area contributed by atoms with Crippen LogP contribution in [0.4, 0.5) is 0 Å². The number of ether oxygens (including phenoxy) is 14. The number of aliphatic hydroxyl groups excluding tert-OH is 19. The van der Waals surface area contributed by atoms with Gasteiger partial charge in [-0.15, -0.1) is 0 Å². The molecule has 0 aromatic heterocycles. The maximum absolute atomic E-state index is 15.4. The second-order valence-corrected chi connectivity index (χ2v) is 33.8. The van der Waals surface area contributed by atoms with Gasteiger partial charge < -0.3 is 163 Å². The molecule has 0 unspecified atom stereocenters. The summed E-state index contributed by atoms with van der Waals surface area (Å²) in [4.78, 5) is 15.4. The number of rotatable bonds is 17. The Balaban J connectivity index is 0.703. The zero-order chi connectivity index (χ0) is 75.7. The fraction of sp³-hybridized carbons (Fsp3) is 0.957. The van der Waals surface area contributed by atoms with Crippen molar-refractivity contribution in [2.24, 2.45) is 50.2 Å². The van der Waals surface area contributed by atoms with Gasteiger partial charge in [0.2, 0.25) is 6.29 Å². The minimum absolute atomic E-state index is 0.0658. The van der Waals surface area contributed by atoms with Crippen molar-refractivity contribution in [2.45, 2.75) is 335 Å². The van der Waals surface area contributed by atoms with Gasteiger partial charge in [0.1, 0.15) is 146 Å². The van der Waals surface area contributed by atoms with Crippen molar-refractivity contribution in [1.82, 2.24) is 0 Å². The molecule has 0 bridgehead atoms. The predicted molar refractivity (Wildman–Crippen MR) is 346 cm³/mol. The number of allylic oxidation sites excluding steroid dienone is 2. The summed E-state index contributed by atoms with van der Waals surface area (Å²) in [6.07, 6.45) is -46.3. The zero-order valence-electron chi connectivity index (χ0n) is 60.2. The molecule has 7 aliphatic heterocycles. The summed E-state index contributed by atoms with van der Waals surface area (Å²) in [5.41, 5.74) is -1.65. The van der Waals surface area contributed by atoms with Crippen LogP contribution in [0.2, 0.25) is 0 Å². The maximum atomic E-state index is 15.4. The Morgan fingerprint density at radius 1 is 0.452 bits per heavy atom. The van der Waals surface area contributed by atoms with Gasteiger partial charge in [0, 0.05) is 0 Å². The molecule has 19 N–H and O–H groups in total. The second-order valence-electron chi connectivity index (χ2n) is 33.8. The van der Waals surface area contributed by atoms with Crippen LogP contribution in [0.15, 0.2) is 11.6 Å². The van der Waals surface area contributed by atoms with Crippen molar-refractivity contribution in [1.29, 1.82) is 0 Å². The molecule has 0 spiro atoms. The van der Waals surface area contributed by atoms with Crippen LogP contribution >= 0.6 is 0 Å². The molecular weight excluding hydrogens is 1380 g/mol. The molecule has 0 aromatic carbocycles. The zero-order valence-corrected chi connectivity index (χ0v) is 60.2. The molecule has 12 rings (SSSR count). The molecule has 0 aromatic rings. The van der Waals surface area contributed by atoms with Crippen molar-refractivity contribution in [2.75, 3.05) is 33.0 Å². The molecule has 598 valence electrons. The van der Waals surface area contributed by atoms with E-state index in [2.05, 4.69) is 54.5 Å². The van der Waals surface area contributed by atoms with Gasteiger partial charge in [-0.25, -0.2) is 0 Å². The summed E-state index contributed by atoms with van der Waals surface area (Å²) in [5.74, 6) is -0.731. The van der Waals surface area contributed by atoms with Crippen LogP contribution in [0, 0.1) is 50.2 Å². The summed E-state index contributed by atoms with van der Waals surface area (Å²) in [6, 6.07) is 0. The topological polar surface area (TPSA) is 531 Å². The van der Waals surface area contributed by atoms with Crippen LogP contribution in [0.5, 0.6) is 0 Å². The Hall–Kier alpha value is -2.07. The average molecular weight is 1500 g/mol. The van der Waals surface area contributed by atoms with Gasteiger partial charge in [0.05, 0.1) is 56.8 Å². The smallest absolute Gasteiger partial charge is 0.315 e. The van der Waals surface area contributed by atoms with E-state index in [-0.39, 0.29) is 40.6 Å². The minimum atomic E-state index is -1.92. The first-order valence-corrected chi connectivity index (χ1v) is 36.9. The molecule has 34 nitrogen and oxygen atoms in total. The largest absolute Gasteiger partial charge is 0.432 e. The monoisotopic (exact) mass is 1500 g/mol. The van der Waals surface area contributed by atoms with Crippen LogP contribution in [0.25, 0.3) is 0 Å². The summed E-state index contributed by atoms with van der Waals surface area (Å²) < 4.78 is 83.3. The molecule has 0 radical (unpaired) electrons. The normalized spacial score (nSPS) is 54.7. The number of carbonyl (C=O) groups is 1. The molecule has 5 aliphatic carbocycles. The van der Waals surface area contributed by atoms with E-state index in [1.807, 2.05) is 0 Å². The third-order valence-corrected chi connectivity index (χ3v) is 26.9. The fourth-order valence-electron chi connectivity index (χ4n) is 20.2. The highest BCUT2D eigenvalue weighted by Crippen LogP contribution is 2.76. The van der Waals surface area contributed by atoms with E-state index in [1.165, 1.54) is 19.4 Å². The summed E-state index contributed by atoms with van der Waals surface area (Å²) in [5, 5.41) is 207. The lowest BCUT2D eigenvalue weighted by Gasteiger charge is -2.71. The van der Waals surface area contributed by atoms with E-state index in [0.717, 1.165) is 12.8 Å². The van der Waals surface area contributed by atoms with Gasteiger partial charge in [-0.1, -0.05) is 60.1 Å². The van der Waals surface area contributed by atoms with Crippen LogP contribution < -0.4 is 0 Å². The first-order chi connectivity index (χ1) is 48.8. The van der Waals surface area contributed by atoms with Crippen LogP contribution in [0.3, 0.4) is 0 Å². The van der Waals surface area contributed by atoms with Crippen molar-refractivity contribution in [3.8, 4) is 0 Å². The second kappa shape index (κ2) is 30.8. The van der Waals surface area contributed by atoms with Crippen molar-refractivity contribution in [3.05, 3.63) is 11.6 Å². The molecular formula is C70H114O34. The van der Waals surface area contributed by atoms with Crippen LogP contribution in [-0.2, 0) is 71.1 Å². The molecule has 11 fully saturated rings. The number of hydrogen-bond acceptors (Lipinski definition) is 34. The first kappa shape index (κ1) is 81.4. The van der Waals surface area contributed by atoms with E-state index in [0.29, 0.717) is 51.4 Å². The maximum Gasteiger partial charge on any atom is 0.315 e. The molecule has 41 atom stereocenters. The number of aliphatic hydroxyl groups is 19. The third-order valence-electron chi connectivity index (χ3n) is 26.9. The van der Waals surface area contributed by atoms with Gasteiger partial charge >= 0.3 is 5.97 Å². The fourth-order valence-corrected chi connectivity index (χ4v) is 20.2. The summed E-state index contributed by atoms with van der Waals surface area (Å²) in [6.45, 7) is 15.5. The lowest BCUT2D eigenvalue weighted by atomic mass is 9.33. The highest BCUT2D eigenvalue weighted by atomic mass is 16.8. The van der Waals surface area contributed by atoms with Crippen molar-refractivity contribution >= 4 is 5.97 Å². The predicted octanol–water partition coefficient (Wildman–Crippen LogP) is -5.23.